The van der Waals surface area contributed by atoms with Gasteiger partial charge in [-0.15, -0.1) is 0 Å². The van der Waals surface area contributed by atoms with Crippen LogP contribution in [-0.2, 0) is 21.9 Å². The van der Waals surface area contributed by atoms with E-state index in [4.69, 9.17) is 9.47 Å². The average Bonchev–Trinajstić information content (AvgIpc) is 3.35. The summed E-state index contributed by atoms with van der Waals surface area (Å²) in [5.41, 5.74) is -7.23. The SMILES string of the molecule is COc1ccc(C2CCN(C(=O)CO)CC2)cc1C1C=CC(F)(C(F)(F)F)C=C1CN1C(=O)O[C@H](c2cc(C(F)(F)F)cc(C(F)(F)F)c2)[C@@H]1C. The number of aliphatic hydroxyl groups excluding tert-OH is 1. The van der Waals surface area contributed by atoms with Gasteiger partial charge in [0.1, 0.15) is 18.5 Å². The number of rotatable bonds is 7. The number of halogens is 10. The molecule has 2 saturated heterocycles. The van der Waals surface area contributed by atoms with Crippen LogP contribution in [0.15, 0.2) is 60.2 Å². The summed E-state index contributed by atoms with van der Waals surface area (Å²) in [6.45, 7) is 0.518. The molecule has 51 heavy (non-hydrogen) atoms. The van der Waals surface area contributed by atoms with Crippen LogP contribution in [0.3, 0.4) is 0 Å². The molecule has 4 atom stereocenters. The zero-order valence-electron chi connectivity index (χ0n) is 27.0. The highest BCUT2D eigenvalue weighted by Crippen LogP contribution is 2.47. The fourth-order valence-electron chi connectivity index (χ4n) is 6.70. The Morgan fingerprint density at radius 2 is 1.57 bits per heavy atom. The van der Waals surface area contributed by atoms with Crippen LogP contribution < -0.4 is 4.74 Å². The molecule has 2 unspecified atom stereocenters. The molecule has 0 saturated carbocycles. The largest absolute Gasteiger partial charge is 0.496 e. The summed E-state index contributed by atoms with van der Waals surface area (Å²) < 4.78 is 150. The van der Waals surface area contributed by atoms with Crippen molar-refractivity contribution in [3.8, 4) is 5.75 Å². The lowest BCUT2D eigenvalue weighted by atomic mass is 9.79. The van der Waals surface area contributed by atoms with E-state index in [0.29, 0.717) is 55.8 Å². The maximum absolute atomic E-state index is 15.5. The molecule has 2 fully saturated rings. The lowest BCUT2D eigenvalue weighted by Crippen LogP contribution is -2.41. The van der Waals surface area contributed by atoms with Gasteiger partial charge in [-0.25, -0.2) is 9.18 Å². The third kappa shape index (κ3) is 7.67. The Hall–Kier alpha value is -4.28. The van der Waals surface area contributed by atoms with E-state index in [9.17, 15) is 54.2 Å². The Bertz CT molecular complexity index is 1680. The Morgan fingerprint density at radius 1 is 0.961 bits per heavy atom. The summed E-state index contributed by atoms with van der Waals surface area (Å²) in [6, 6.07) is 4.35. The Morgan fingerprint density at radius 3 is 2.10 bits per heavy atom. The third-order valence-corrected chi connectivity index (χ3v) is 9.49. The van der Waals surface area contributed by atoms with E-state index < -0.39 is 84.1 Å². The number of aliphatic hydroxyl groups is 1. The number of amides is 2. The Kier molecular flexibility index (Phi) is 10.2. The number of likely N-dealkylation sites (tertiary alicyclic amines) is 1. The molecule has 2 aromatic carbocycles. The van der Waals surface area contributed by atoms with Crippen molar-refractivity contribution in [3.05, 3.63) is 88.0 Å². The maximum atomic E-state index is 15.5. The minimum Gasteiger partial charge on any atom is -0.496 e. The number of ether oxygens (including phenoxy) is 2. The molecule has 17 heteroatoms. The molecule has 5 rings (SSSR count). The quantitative estimate of drug-likeness (QED) is 0.231. The van der Waals surface area contributed by atoms with Crippen LogP contribution in [0.2, 0.25) is 0 Å². The van der Waals surface area contributed by atoms with Gasteiger partial charge in [-0.05, 0) is 78.8 Å². The van der Waals surface area contributed by atoms with Gasteiger partial charge in [0.05, 0.1) is 24.3 Å². The minimum absolute atomic E-state index is 0.0933. The Balaban J connectivity index is 1.50. The third-order valence-electron chi connectivity index (χ3n) is 9.49. The summed E-state index contributed by atoms with van der Waals surface area (Å²) in [6.07, 6.45) is -16.2. The number of methoxy groups -OCH3 is 1. The molecule has 0 aromatic heterocycles. The first kappa shape index (κ1) is 38.0. The van der Waals surface area contributed by atoms with Crippen LogP contribution in [0.4, 0.5) is 48.7 Å². The van der Waals surface area contributed by atoms with Crippen LogP contribution in [0.25, 0.3) is 0 Å². The average molecular weight is 739 g/mol. The monoisotopic (exact) mass is 738 g/mol. The number of hydrogen-bond acceptors (Lipinski definition) is 5. The molecule has 1 N–H and O–H groups in total. The van der Waals surface area contributed by atoms with Gasteiger partial charge in [-0.3, -0.25) is 9.69 Å². The van der Waals surface area contributed by atoms with Crippen LogP contribution in [0.1, 0.15) is 65.5 Å². The summed E-state index contributed by atoms with van der Waals surface area (Å²) in [5.74, 6) is -1.48. The number of piperidine rings is 1. The molecule has 0 radical (unpaired) electrons. The van der Waals surface area contributed by atoms with E-state index in [1.54, 1.807) is 18.2 Å². The summed E-state index contributed by atoms with van der Waals surface area (Å²) >= 11 is 0. The second kappa shape index (κ2) is 13.7. The van der Waals surface area contributed by atoms with Crippen molar-refractivity contribution in [1.29, 1.82) is 0 Å². The molecule has 2 aliphatic heterocycles. The van der Waals surface area contributed by atoms with Crippen molar-refractivity contribution in [2.75, 3.05) is 33.4 Å². The first-order chi connectivity index (χ1) is 23.7. The molecular formula is C34H32F10N2O5. The zero-order chi connectivity index (χ0) is 37.7. The summed E-state index contributed by atoms with van der Waals surface area (Å²) in [7, 11) is 1.30. The number of cyclic esters (lactones) is 1. The van der Waals surface area contributed by atoms with Gasteiger partial charge < -0.3 is 19.5 Å². The Labute approximate surface area is 285 Å². The first-order valence-electron chi connectivity index (χ1n) is 15.7. The molecule has 2 aromatic rings. The van der Waals surface area contributed by atoms with Gasteiger partial charge >= 0.3 is 24.6 Å². The second-order valence-electron chi connectivity index (χ2n) is 12.6. The number of carbonyl (C=O) groups excluding carboxylic acids is 2. The molecule has 0 spiro atoms. The highest BCUT2D eigenvalue weighted by atomic mass is 19.4. The molecule has 2 heterocycles. The molecule has 7 nitrogen and oxygen atoms in total. The topological polar surface area (TPSA) is 79.3 Å². The van der Waals surface area contributed by atoms with Crippen molar-refractivity contribution in [3.63, 3.8) is 0 Å². The van der Waals surface area contributed by atoms with Gasteiger partial charge in [0.2, 0.25) is 11.6 Å². The fourth-order valence-corrected chi connectivity index (χ4v) is 6.70. The van der Waals surface area contributed by atoms with Crippen molar-refractivity contribution in [1.82, 2.24) is 9.80 Å². The number of carbonyl (C=O) groups is 2. The van der Waals surface area contributed by atoms with Gasteiger partial charge in [0.25, 0.3) is 0 Å². The molecule has 2 amide bonds. The maximum Gasteiger partial charge on any atom is 0.429 e. The number of benzene rings is 2. The first-order valence-corrected chi connectivity index (χ1v) is 15.7. The van der Waals surface area contributed by atoms with Crippen LogP contribution in [0.5, 0.6) is 5.75 Å². The van der Waals surface area contributed by atoms with E-state index in [0.717, 1.165) is 16.5 Å². The molecular weight excluding hydrogens is 706 g/mol. The summed E-state index contributed by atoms with van der Waals surface area (Å²) in [4.78, 5) is 27.3. The lowest BCUT2D eigenvalue weighted by molar-refractivity contribution is -0.195. The fraction of sp³-hybridized carbons (Fsp3) is 0.471. The molecule has 0 bridgehead atoms. The van der Waals surface area contributed by atoms with Gasteiger partial charge in [-0.1, -0.05) is 18.2 Å². The van der Waals surface area contributed by atoms with E-state index in [2.05, 4.69) is 0 Å². The van der Waals surface area contributed by atoms with Gasteiger partial charge in [0, 0.05) is 31.1 Å². The van der Waals surface area contributed by atoms with E-state index in [-0.39, 0.29) is 23.3 Å². The number of allylic oxidation sites excluding steroid dienone is 3. The van der Waals surface area contributed by atoms with Crippen molar-refractivity contribution in [2.24, 2.45) is 0 Å². The van der Waals surface area contributed by atoms with Crippen molar-refractivity contribution >= 4 is 12.0 Å². The molecule has 3 aliphatic rings. The number of nitrogens with zero attached hydrogens (tertiary/aromatic N) is 2. The standard InChI is InChI=1S/C34H32F10N2O5/c1-18-29(21-11-23(32(36,37)38)14-24(12-21)33(39,40)41)51-30(49)46(18)16-22-15-31(35,34(42,43)44)8-5-25(22)26-13-20(3-4-27(26)50-2)19-6-9-45(10-7-19)28(48)17-47/h3-5,8,11-15,18-19,25,29,47H,6-7,9-10,16-17H2,1-2H3/t18-,25?,29-,31?/m0/s1. The van der Waals surface area contributed by atoms with Crippen LogP contribution >= 0.6 is 0 Å². The van der Waals surface area contributed by atoms with Crippen molar-refractivity contribution < 1.29 is 68.1 Å². The van der Waals surface area contributed by atoms with Gasteiger partial charge in [-0.2, -0.15) is 39.5 Å². The highest BCUT2D eigenvalue weighted by Gasteiger charge is 2.55. The smallest absolute Gasteiger partial charge is 0.429 e. The highest BCUT2D eigenvalue weighted by molar-refractivity contribution is 5.77. The lowest BCUT2D eigenvalue weighted by Gasteiger charge is -2.34. The van der Waals surface area contributed by atoms with E-state index >= 15 is 4.39 Å². The van der Waals surface area contributed by atoms with E-state index in [1.165, 1.54) is 18.9 Å². The zero-order valence-corrected chi connectivity index (χ0v) is 27.0. The predicted octanol–water partition coefficient (Wildman–Crippen LogP) is 7.86. The van der Waals surface area contributed by atoms with Gasteiger partial charge in [0.15, 0.2) is 0 Å². The predicted molar refractivity (Wildman–Crippen MR) is 160 cm³/mol. The van der Waals surface area contributed by atoms with Crippen molar-refractivity contribution in [2.45, 2.75) is 67.9 Å². The molecule has 1 aliphatic carbocycles. The van der Waals surface area contributed by atoms with Crippen LogP contribution in [-0.4, -0.2) is 78.1 Å². The second-order valence-corrected chi connectivity index (χ2v) is 12.6. The van der Waals surface area contributed by atoms with Crippen LogP contribution in [0, 0.1) is 0 Å². The minimum atomic E-state index is -5.43. The number of hydrogen-bond donors (Lipinski definition) is 1. The summed E-state index contributed by atoms with van der Waals surface area (Å²) in [5, 5.41) is 9.18. The number of alkyl halides is 10. The molecule has 278 valence electrons. The normalized spacial score (nSPS) is 24.8. The van der Waals surface area contributed by atoms with E-state index in [1.807, 2.05) is 0 Å².